The standard InChI is InChI=1S/C12H11FN2O2/c13-10-7-9(4-5-11(10)14-8-16)15-6-2-1-3-12(15)17/h1-7,14,16H,8H2. The number of anilines is 1. The molecule has 2 aromatic rings. The van der Waals surface area contributed by atoms with Gasteiger partial charge in [-0.1, -0.05) is 6.07 Å². The van der Waals surface area contributed by atoms with Gasteiger partial charge in [-0.25, -0.2) is 4.39 Å². The Bertz CT molecular complexity index is 581. The number of aliphatic hydroxyl groups excluding tert-OH is 1. The molecule has 0 amide bonds. The van der Waals surface area contributed by atoms with Gasteiger partial charge in [0.05, 0.1) is 11.4 Å². The quantitative estimate of drug-likeness (QED) is 0.788. The summed E-state index contributed by atoms with van der Waals surface area (Å²) >= 11 is 0. The molecule has 1 aromatic carbocycles. The fraction of sp³-hybridized carbons (Fsp3) is 0.0833. The van der Waals surface area contributed by atoms with Gasteiger partial charge in [0, 0.05) is 18.3 Å². The lowest BCUT2D eigenvalue weighted by Gasteiger charge is -2.08. The average molecular weight is 234 g/mol. The van der Waals surface area contributed by atoms with Gasteiger partial charge in [-0.05, 0) is 18.2 Å². The molecule has 0 atom stereocenters. The van der Waals surface area contributed by atoms with E-state index < -0.39 is 5.82 Å². The Hall–Kier alpha value is -2.14. The van der Waals surface area contributed by atoms with Crippen LogP contribution in [0.2, 0.25) is 0 Å². The van der Waals surface area contributed by atoms with Crippen molar-refractivity contribution in [1.82, 2.24) is 4.57 Å². The van der Waals surface area contributed by atoms with Crippen molar-refractivity contribution in [1.29, 1.82) is 0 Å². The fourth-order valence-corrected chi connectivity index (χ4v) is 1.52. The molecule has 0 bridgehead atoms. The van der Waals surface area contributed by atoms with Crippen LogP contribution in [0.3, 0.4) is 0 Å². The predicted molar refractivity (Wildman–Crippen MR) is 62.7 cm³/mol. The zero-order chi connectivity index (χ0) is 12.3. The first kappa shape index (κ1) is 11.3. The zero-order valence-electron chi connectivity index (χ0n) is 8.93. The minimum absolute atomic E-state index is 0.195. The Morgan fingerprint density at radius 3 is 2.76 bits per heavy atom. The minimum Gasteiger partial charge on any atom is -0.377 e. The molecule has 0 fully saturated rings. The molecule has 1 aromatic heterocycles. The van der Waals surface area contributed by atoms with E-state index in [0.29, 0.717) is 5.69 Å². The summed E-state index contributed by atoms with van der Waals surface area (Å²) < 4.78 is 14.9. The van der Waals surface area contributed by atoms with Crippen LogP contribution < -0.4 is 10.9 Å². The summed E-state index contributed by atoms with van der Waals surface area (Å²) in [6, 6.07) is 9.02. The van der Waals surface area contributed by atoms with Crippen LogP contribution in [0.5, 0.6) is 0 Å². The molecule has 0 aliphatic heterocycles. The van der Waals surface area contributed by atoms with Crippen molar-refractivity contribution in [3.05, 3.63) is 58.8 Å². The summed E-state index contributed by atoms with van der Waals surface area (Å²) in [5.74, 6) is -0.521. The third kappa shape index (κ3) is 2.34. The highest BCUT2D eigenvalue weighted by Gasteiger charge is 2.04. The Morgan fingerprint density at radius 2 is 2.12 bits per heavy atom. The van der Waals surface area contributed by atoms with Crippen LogP contribution in [0, 0.1) is 5.82 Å². The summed E-state index contributed by atoms with van der Waals surface area (Å²) in [7, 11) is 0. The average Bonchev–Trinajstić information content (AvgIpc) is 2.33. The van der Waals surface area contributed by atoms with Crippen molar-refractivity contribution < 1.29 is 9.50 Å². The molecule has 0 spiro atoms. The molecule has 5 heteroatoms. The molecule has 88 valence electrons. The number of nitrogens with zero attached hydrogens (tertiary/aromatic N) is 1. The second-order valence-corrected chi connectivity index (χ2v) is 3.41. The highest BCUT2D eigenvalue weighted by atomic mass is 19.1. The molecule has 1 heterocycles. The first-order chi connectivity index (χ1) is 8.22. The van der Waals surface area contributed by atoms with Gasteiger partial charge >= 0.3 is 0 Å². The monoisotopic (exact) mass is 234 g/mol. The maximum atomic E-state index is 13.6. The fourth-order valence-electron chi connectivity index (χ4n) is 1.52. The zero-order valence-corrected chi connectivity index (χ0v) is 8.93. The maximum Gasteiger partial charge on any atom is 0.255 e. The van der Waals surface area contributed by atoms with E-state index in [1.165, 1.54) is 22.8 Å². The number of nitrogens with one attached hydrogen (secondary N) is 1. The number of hydrogen-bond acceptors (Lipinski definition) is 3. The lowest BCUT2D eigenvalue weighted by atomic mass is 10.2. The first-order valence-electron chi connectivity index (χ1n) is 5.05. The smallest absolute Gasteiger partial charge is 0.255 e. The number of pyridine rings is 1. The highest BCUT2D eigenvalue weighted by molar-refractivity contribution is 5.50. The molecule has 4 nitrogen and oxygen atoms in total. The third-order valence-electron chi connectivity index (χ3n) is 2.32. The van der Waals surface area contributed by atoms with E-state index in [4.69, 9.17) is 5.11 Å². The molecule has 0 saturated carbocycles. The summed E-state index contributed by atoms with van der Waals surface area (Å²) in [6.45, 7) is -0.346. The number of aliphatic hydroxyl groups is 1. The van der Waals surface area contributed by atoms with Crippen LogP contribution in [0.25, 0.3) is 5.69 Å². The second kappa shape index (κ2) is 4.80. The normalized spacial score (nSPS) is 10.2. The van der Waals surface area contributed by atoms with Gasteiger partial charge in [0.2, 0.25) is 0 Å². The summed E-state index contributed by atoms with van der Waals surface area (Å²) in [5.41, 5.74) is 0.409. The molecule has 2 N–H and O–H groups in total. The van der Waals surface area contributed by atoms with Crippen molar-refractivity contribution in [2.75, 3.05) is 12.0 Å². The molecular weight excluding hydrogens is 223 g/mol. The molecule has 0 saturated heterocycles. The van der Waals surface area contributed by atoms with Gasteiger partial charge in [-0.15, -0.1) is 0 Å². The van der Waals surface area contributed by atoms with Gasteiger partial charge in [0.15, 0.2) is 0 Å². The summed E-state index contributed by atoms with van der Waals surface area (Å²) in [5, 5.41) is 11.1. The number of aromatic nitrogens is 1. The molecule has 0 aliphatic rings. The molecule has 0 aliphatic carbocycles. The van der Waals surface area contributed by atoms with Crippen molar-refractivity contribution in [2.45, 2.75) is 0 Å². The van der Waals surface area contributed by atoms with E-state index in [2.05, 4.69) is 5.32 Å². The molecule has 17 heavy (non-hydrogen) atoms. The van der Waals surface area contributed by atoms with E-state index in [1.807, 2.05) is 0 Å². The van der Waals surface area contributed by atoms with E-state index >= 15 is 0 Å². The van der Waals surface area contributed by atoms with Crippen LogP contribution in [-0.2, 0) is 0 Å². The minimum atomic E-state index is -0.521. The predicted octanol–water partition coefficient (Wildman–Crippen LogP) is 1.34. The van der Waals surface area contributed by atoms with Crippen LogP contribution >= 0.6 is 0 Å². The van der Waals surface area contributed by atoms with Crippen molar-refractivity contribution in [3.63, 3.8) is 0 Å². The third-order valence-corrected chi connectivity index (χ3v) is 2.32. The van der Waals surface area contributed by atoms with Crippen LogP contribution in [-0.4, -0.2) is 16.4 Å². The molecule has 2 rings (SSSR count). The number of benzene rings is 1. The van der Waals surface area contributed by atoms with E-state index in [-0.39, 0.29) is 18.0 Å². The van der Waals surface area contributed by atoms with E-state index in [1.54, 1.807) is 24.4 Å². The van der Waals surface area contributed by atoms with Crippen molar-refractivity contribution in [3.8, 4) is 5.69 Å². The molecular formula is C12H11FN2O2. The first-order valence-corrected chi connectivity index (χ1v) is 5.05. The molecule has 0 unspecified atom stereocenters. The van der Waals surface area contributed by atoms with Gasteiger partial charge in [0.25, 0.3) is 5.56 Å². The largest absolute Gasteiger partial charge is 0.377 e. The Kier molecular flexibility index (Phi) is 3.20. The van der Waals surface area contributed by atoms with Gasteiger partial charge in [0.1, 0.15) is 12.5 Å². The molecule has 0 radical (unpaired) electrons. The van der Waals surface area contributed by atoms with Gasteiger partial charge in [-0.3, -0.25) is 9.36 Å². The van der Waals surface area contributed by atoms with Gasteiger partial charge in [-0.2, -0.15) is 0 Å². The SMILES string of the molecule is O=c1ccccn1-c1ccc(NCO)c(F)c1. The Labute approximate surface area is 97.0 Å². The van der Waals surface area contributed by atoms with Crippen LogP contribution in [0.4, 0.5) is 10.1 Å². The van der Waals surface area contributed by atoms with Crippen molar-refractivity contribution >= 4 is 5.69 Å². The van der Waals surface area contributed by atoms with E-state index in [0.717, 1.165) is 0 Å². The topological polar surface area (TPSA) is 54.3 Å². The summed E-state index contributed by atoms with van der Waals surface area (Å²) in [4.78, 5) is 11.5. The number of hydrogen-bond donors (Lipinski definition) is 2. The summed E-state index contributed by atoms with van der Waals surface area (Å²) in [6.07, 6.45) is 1.57. The maximum absolute atomic E-state index is 13.6. The lowest BCUT2D eigenvalue weighted by Crippen LogP contribution is -2.15. The highest BCUT2D eigenvalue weighted by Crippen LogP contribution is 2.17. The number of rotatable bonds is 3. The van der Waals surface area contributed by atoms with Gasteiger partial charge < -0.3 is 10.4 Å². The Morgan fingerprint density at radius 1 is 1.29 bits per heavy atom. The lowest BCUT2D eigenvalue weighted by molar-refractivity contribution is 0.325. The number of halogens is 1. The van der Waals surface area contributed by atoms with Crippen LogP contribution in [0.1, 0.15) is 0 Å². The Balaban J connectivity index is 2.45. The van der Waals surface area contributed by atoms with Crippen molar-refractivity contribution in [2.24, 2.45) is 0 Å². The van der Waals surface area contributed by atoms with E-state index in [9.17, 15) is 9.18 Å². The second-order valence-electron chi connectivity index (χ2n) is 3.41. The van der Waals surface area contributed by atoms with Crippen LogP contribution in [0.15, 0.2) is 47.4 Å².